The molecule has 1 aromatic rings. The van der Waals surface area contributed by atoms with Crippen molar-refractivity contribution in [1.82, 2.24) is 0 Å². The van der Waals surface area contributed by atoms with E-state index in [-0.39, 0.29) is 0 Å². The van der Waals surface area contributed by atoms with E-state index in [4.69, 9.17) is 0 Å². The topological polar surface area (TPSA) is 54.4 Å². The molecule has 1 N–H and O–H groups in total. The minimum atomic E-state index is -3.12. The Bertz CT molecular complexity index is 441. The third-order valence-corrected chi connectivity index (χ3v) is 4.43. The Hall–Kier alpha value is -0.520. The largest absolute Gasteiger partial charge is 0.390 e. The molecule has 0 unspecified atom stereocenters. The molecule has 0 aliphatic carbocycles. The molecular weight excluding hydrogens is 244 g/mol. The molecule has 0 atom stereocenters. The molecule has 1 rings (SSSR count). The number of thioether (sulfide) groups is 1. The fourth-order valence-corrected chi connectivity index (χ4v) is 2.52. The SMILES string of the molecule is CC(C)(O)CSc1ccc(S(C)(=O)=O)cc1. The van der Waals surface area contributed by atoms with Gasteiger partial charge in [0, 0.05) is 16.9 Å². The predicted molar refractivity (Wildman–Crippen MR) is 66.6 cm³/mol. The summed E-state index contributed by atoms with van der Waals surface area (Å²) in [4.78, 5) is 1.27. The van der Waals surface area contributed by atoms with E-state index in [2.05, 4.69) is 0 Å². The first kappa shape index (κ1) is 13.5. The Kier molecular flexibility index (Phi) is 4.04. The summed E-state index contributed by atoms with van der Waals surface area (Å²) in [5, 5.41) is 9.55. The minimum absolute atomic E-state index is 0.320. The van der Waals surface area contributed by atoms with E-state index in [9.17, 15) is 13.5 Å². The Morgan fingerprint density at radius 3 is 2.12 bits per heavy atom. The molecule has 0 radical (unpaired) electrons. The summed E-state index contributed by atoms with van der Waals surface area (Å²) >= 11 is 1.50. The number of aliphatic hydroxyl groups is 1. The van der Waals surface area contributed by atoms with Crippen molar-refractivity contribution < 1.29 is 13.5 Å². The van der Waals surface area contributed by atoms with Crippen molar-refractivity contribution in [3.05, 3.63) is 24.3 Å². The summed E-state index contributed by atoms with van der Waals surface area (Å²) in [5.41, 5.74) is -0.722. The molecule has 0 aliphatic heterocycles. The first-order valence-electron chi connectivity index (χ1n) is 4.84. The van der Waals surface area contributed by atoms with E-state index in [0.717, 1.165) is 4.90 Å². The average molecular weight is 260 g/mol. The van der Waals surface area contributed by atoms with Gasteiger partial charge in [-0.2, -0.15) is 0 Å². The van der Waals surface area contributed by atoms with Gasteiger partial charge in [0.1, 0.15) is 0 Å². The van der Waals surface area contributed by atoms with Gasteiger partial charge in [0.2, 0.25) is 0 Å². The summed E-state index contributed by atoms with van der Waals surface area (Å²) in [5.74, 6) is 0.575. The number of benzene rings is 1. The molecule has 0 saturated carbocycles. The molecule has 0 heterocycles. The predicted octanol–water partition coefficient (Wildman–Crippen LogP) is 1.95. The number of sulfone groups is 1. The molecule has 16 heavy (non-hydrogen) atoms. The van der Waals surface area contributed by atoms with Crippen LogP contribution in [0.2, 0.25) is 0 Å². The molecule has 0 spiro atoms. The molecule has 5 heteroatoms. The van der Waals surface area contributed by atoms with Crippen molar-refractivity contribution in [3.8, 4) is 0 Å². The van der Waals surface area contributed by atoms with Crippen LogP contribution in [0.5, 0.6) is 0 Å². The molecule has 0 aliphatic rings. The Morgan fingerprint density at radius 2 is 1.75 bits per heavy atom. The number of rotatable bonds is 4. The van der Waals surface area contributed by atoms with Crippen LogP contribution in [0.3, 0.4) is 0 Å². The smallest absolute Gasteiger partial charge is 0.175 e. The van der Waals surface area contributed by atoms with Crippen LogP contribution < -0.4 is 0 Å². The highest BCUT2D eigenvalue weighted by molar-refractivity contribution is 7.99. The van der Waals surface area contributed by atoms with Crippen LogP contribution in [-0.4, -0.2) is 31.1 Å². The van der Waals surface area contributed by atoms with Gasteiger partial charge in [-0.25, -0.2) is 8.42 Å². The maximum atomic E-state index is 11.2. The van der Waals surface area contributed by atoms with Crippen molar-refractivity contribution >= 4 is 21.6 Å². The molecule has 3 nitrogen and oxygen atoms in total. The highest BCUT2D eigenvalue weighted by Crippen LogP contribution is 2.23. The van der Waals surface area contributed by atoms with Crippen molar-refractivity contribution in [1.29, 1.82) is 0 Å². The number of hydrogen-bond acceptors (Lipinski definition) is 4. The fraction of sp³-hybridized carbons (Fsp3) is 0.455. The van der Waals surface area contributed by atoms with Crippen molar-refractivity contribution in [2.24, 2.45) is 0 Å². The van der Waals surface area contributed by atoms with Crippen LogP contribution in [0.15, 0.2) is 34.1 Å². The van der Waals surface area contributed by atoms with E-state index >= 15 is 0 Å². The van der Waals surface area contributed by atoms with Crippen molar-refractivity contribution in [2.45, 2.75) is 29.2 Å². The zero-order chi connectivity index (χ0) is 12.4. The maximum absolute atomic E-state index is 11.2. The lowest BCUT2D eigenvalue weighted by molar-refractivity contribution is 0.107. The summed E-state index contributed by atoms with van der Waals surface area (Å²) in [6.07, 6.45) is 1.19. The third-order valence-electron chi connectivity index (χ3n) is 1.84. The second-order valence-electron chi connectivity index (χ2n) is 4.34. The highest BCUT2D eigenvalue weighted by atomic mass is 32.2. The lowest BCUT2D eigenvalue weighted by Gasteiger charge is -2.16. The van der Waals surface area contributed by atoms with Crippen LogP contribution in [0.25, 0.3) is 0 Å². The summed E-state index contributed by atoms with van der Waals surface area (Å²) in [6.45, 7) is 3.48. The van der Waals surface area contributed by atoms with Gasteiger partial charge in [-0.3, -0.25) is 0 Å². The zero-order valence-electron chi connectivity index (χ0n) is 9.60. The second-order valence-corrected chi connectivity index (χ2v) is 7.41. The summed E-state index contributed by atoms with van der Waals surface area (Å²) < 4.78 is 22.4. The van der Waals surface area contributed by atoms with Crippen LogP contribution >= 0.6 is 11.8 Å². The monoisotopic (exact) mass is 260 g/mol. The van der Waals surface area contributed by atoms with E-state index in [1.807, 2.05) is 0 Å². The van der Waals surface area contributed by atoms with Crippen molar-refractivity contribution in [3.63, 3.8) is 0 Å². The Labute approximate surface area is 101 Å². The van der Waals surface area contributed by atoms with Gasteiger partial charge in [0.25, 0.3) is 0 Å². The van der Waals surface area contributed by atoms with Crippen LogP contribution in [0.1, 0.15) is 13.8 Å². The second kappa shape index (κ2) is 4.77. The van der Waals surface area contributed by atoms with Gasteiger partial charge >= 0.3 is 0 Å². The third kappa shape index (κ3) is 4.55. The van der Waals surface area contributed by atoms with Gasteiger partial charge in [-0.15, -0.1) is 11.8 Å². The molecular formula is C11H16O3S2. The first-order valence-corrected chi connectivity index (χ1v) is 7.71. The summed E-state index contributed by atoms with van der Waals surface area (Å²) in [6, 6.07) is 6.68. The van der Waals surface area contributed by atoms with E-state index in [0.29, 0.717) is 10.6 Å². The van der Waals surface area contributed by atoms with Gasteiger partial charge < -0.3 is 5.11 Å². The van der Waals surface area contributed by atoms with E-state index in [1.54, 1.807) is 38.1 Å². The molecule has 1 aromatic carbocycles. The molecule has 0 fully saturated rings. The quantitative estimate of drug-likeness (QED) is 0.841. The standard InChI is InChI=1S/C11H16O3S2/c1-11(2,12)8-15-9-4-6-10(7-5-9)16(3,13)14/h4-7,12H,8H2,1-3H3. The minimum Gasteiger partial charge on any atom is -0.390 e. The summed E-state index contributed by atoms with van der Waals surface area (Å²) in [7, 11) is -3.12. The number of hydrogen-bond donors (Lipinski definition) is 1. The normalized spacial score (nSPS) is 12.8. The van der Waals surface area contributed by atoms with Crippen molar-refractivity contribution in [2.75, 3.05) is 12.0 Å². The first-order chi connectivity index (χ1) is 7.18. The maximum Gasteiger partial charge on any atom is 0.175 e. The molecule has 90 valence electrons. The van der Waals surface area contributed by atoms with Gasteiger partial charge in [0.05, 0.1) is 10.5 Å². The molecule has 0 aromatic heterocycles. The van der Waals surface area contributed by atoms with Gasteiger partial charge in [-0.1, -0.05) is 0 Å². The van der Waals surface area contributed by atoms with Crippen LogP contribution in [0, 0.1) is 0 Å². The Morgan fingerprint density at radius 1 is 1.25 bits per heavy atom. The van der Waals surface area contributed by atoms with E-state index < -0.39 is 15.4 Å². The Balaban J connectivity index is 2.73. The van der Waals surface area contributed by atoms with Gasteiger partial charge in [-0.05, 0) is 38.1 Å². The average Bonchev–Trinajstić information content (AvgIpc) is 2.13. The molecule has 0 amide bonds. The van der Waals surface area contributed by atoms with E-state index in [1.165, 1.54) is 18.0 Å². The van der Waals surface area contributed by atoms with Gasteiger partial charge in [0.15, 0.2) is 9.84 Å². The van der Waals surface area contributed by atoms with Crippen LogP contribution in [0.4, 0.5) is 0 Å². The molecule has 0 saturated heterocycles. The fourth-order valence-electron chi connectivity index (χ4n) is 1.04. The lowest BCUT2D eigenvalue weighted by atomic mass is 10.2. The highest BCUT2D eigenvalue weighted by Gasteiger charge is 2.13. The molecule has 0 bridgehead atoms. The zero-order valence-corrected chi connectivity index (χ0v) is 11.2. The van der Waals surface area contributed by atoms with Crippen LogP contribution in [-0.2, 0) is 9.84 Å². The lowest BCUT2D eigenvalue weighted by Crippen LogP contribution is -2.21.